The first-order chi connectivity index (χ1) is 12.7. The fourth-order valence-corrected chi connectivity index (χ4v) is 2.64. The fourth-order valence-electron chi connectivity index (χ4n) is 2.64. The Hall–Kier alpha value is -2.37. The Bertz CT molecular complexity index is 654. The minimum Gasteiger partial charge on any atom is -0.506 e. The number of carbonyl (C=O) groups is 3. The van der Waals surface area contributed by atoms with Gasteiger partial charge in [0.2, 0.25) is 5.91 Å². The summed E-state index contributed by atoms with van der Waals surface area (Å²) in [5.41, 5.74) is 0.316. The zero-order chi connectivity index (χ0) is 20.4. The van der Waals surface area contributed by atoms with Crippen LogP contribution in [-0.4, -0.2) is 29.4 Å². The maximum Gasteiger partial charge on any atom is 0.338 e. The molecule has 1 aromatic carbocycles. The third-order valence-corrected chi connectivity index (χ3v) is 4.24. The first-order valence-electron chi connectivity index (χ1n) is 9.48. The van der Waals surface area contributed by atoms with E-state index in [9.17, 15) is 19.5 Å². The van der Waals surface area contributed by atoms with Crippen LogP contribution in [0.2, 0.25) is 0 Å². The van der Waals surface area contributed by atoms with Gasteiger partial charge in [-0.05, 0) is 43.4 Å². The van der Waals surface area contributed by atoms with Gasteiger partial charge in [-0.2, -0.15) is 0 Å². The van der Waals surface area contributed by atoms with Crippen molar-refractivity contribution in [1.29, 1.82) is 0 Å². The first kappa shape index (κ1) is 22.7. The average Bonchev–Trinajstić information content (AvgIpc) is 2.55. The van der Waals surface area contributed by atoms with E-state index in [1.807, 2.05) is 0 Å². The summed E-state index contributed by atoms with van der Waals surface area (Å²) in [6, 6.07) is 4.10. The number of amides is 1. The molecule has 0 spiro atoms. The number of rotatable bonds is 11. The number of carbonyl (C=O) groups excluding carboxylic acids is 3. The molecule has 0 saturated carbocycles. The van der Waals surface area contributed by atoms with Gasteiger partial charge in [-0.15, -0.1) is 0 Å². The van der Waals surface area contributed by atoms with Gasteiger partial charge < -0.3 is 15.2 Å². The molecule has 0 aliphatic heterocycles. The fraction of sp³-hybridized carbons (Fsp3) is 0.571. The number of anilines is 1. The van der Waals surface area contributed by atoms with E-state index in [1.165, 1.54) is 38.0 Å². The molecule has 150 valence electrons. The zero-order valence-electron chi connectivity index (χ0n) is 16.7. The lowest BCUT2D eigenvalue weighted by Crippen LogP contribution is -2.15. The van der Waals surface area contributed by atoms with E-state index in [2.05, 4.69) is 26.1 Å². The number of ketones is 1. The molecule has 6 heteroatoms. The van der Waals surface area contributed by atoms with Gasteiger partial charge in [0.1, 0.15) is 11.5 Å². The van der Waals surface area contributed by atoms with Crippen molar-refractivity contribution in [2.24, 2.45) is 11.8 Å². The maximum atomic E-state index is 12.2. The lowest BCUT2D eigenvalue weighted by molar-refractivity contribution is -0.124. The van der Waals surface area contributed by atoms with E-state index in [-0.39, 0.29) is 29.2 Å². The van der Waals surface area contributed by atoms with Gasteiger partial charge in [0, 0.05) is 0 Å². The molecule has 0 fully saturated rings. The van der Waals surface area contributed by atoms with Gasteiger partial charge in [0.15, 0.2) is 0 Å². The summed E-state index contributed by atoms with van der Waals surface area (Å²) in [5, 5.41) is 12.2. The quantitative estimate of drug-likeness (QED) is 0.340. The first-order valence-corrected chi connectivity index (χ1v) is 9.48. The third-order valence-electron chi connectivity index (χ3n) is 4.24. The van der Waals surface area contributed by atoms with Crippen LogP contribution in [0, 0.1) is 11.8 Å². The summed E-state index contributed by atoms with van der Waals surface area (Å²) in [7, 11) is 0. The molecule has 0 aliphatic carbocycles. The lowest BCUT2D eigenvalue weighted by atomic mass is 9.98. The number of ether oxygens (including phenoxy) is 1. The molecular weight excluding hydrogens is 346 g/mol. The van der Waals surface area contributed by atoms with Crippen molar-refractivity contribution in [3.8, 4) is 5.75 Å². The average molecular weight is 377 g/mol. The van der Waals surface area contributed by atoms with Crippen LogP contribution in [0.1, 0.15) is 70.2 Å². The number of hydrogen-bond acceptors (Lipinski definition) is 5. The molecule has 1 rings (SSSR count). The second-order valence-electron chi connectivity index (χ2n) is 7.51. The summed E-state index contributed by atoms with van der Waals surface area (Å²) >= 11 is 0. The van der Waals surface area contributed by atoms with Gasteiger partial charge in [-0.1, -0.05) is 40.0 Å². The van der Waals surface area contributed by atoms with Crippen LogP contribution in [0.15, 0.2) is 18.2 Å². The van der Waals surface area contributed by atoms with E-state index in [4.69, 9.17) is 4.74 Å². The summed E-state index contributed by atoms with van der Waals surface area (Å²) < 4.78 is 5.30. The maximum absolute atomic E-state index is 12.2. The second-order valence-corrected chi connectivity index (χ2v) is 7.51. The molecule has 1 atom stereocenters. The van der Waals surface area contributed by atoms with Crippen LogP contribution >= 0.6 is 0 Å². The molecule has 0 aliphatic rings. The van der Waals surface area contributed by atoms with Crippen LogP contribution < -0.4 is 5.32 Å². The lowest BCUT2D eigenvalue weighted by Gasteiger charge is -2.13. The Morgan fingerprint density at radius 3 is 2.44 bits per heavy atom. The van der Waals surface area contributed by atoms with Gasteiger partial charge in [-0.25, -0.2) is 4.79 Å². The molecular formula is C21H31NO5. The smallest absolute Gasteiger partial charge is 0.338 e. The van der Waals surface area contributed by atoms with Crippen molar-refractivity contribution in [2.45, 2.75) is 59.8 Å². The second kappa shape index (κ2) is 11.4. The predicted molar refractivity (Wildman–Crippen MR) is 105 cm³/mol. The van der Waals surface area contributed by atoms with E-state index in [0.717, 1.165) is 12.8 Å². The van der Waals surface area contributed by atoms with Crippen molar-refractivity contribution in [2.75, 3.05) is 11.9 Å². The Morgan fingerprint density at radius 1 is 1.11 bits per heavy atom. The molecule has 0 bridgehead atoms. The van der Waals surface area contributed by atoms with Crippen molar-refractivity contribution >= 4 is 23.3 Å². The monoisotopic (exact) mass is 377 g/mol. The molecule has 0 heterocycles. The molecule has 0 radical (unpaired) electrons. The minimum absolute atomic E-state index is 0.0813. The number of Topliss-reactive ketones (excluding diaryl/α,β-unsaturated/α-hetero) is 1. The van der Waals surface area contributed by atoms with Gasteiger partial charge in [-0.3, -0.25) is 9.59 Å². The molecule has 6 nitrogen and oxygen atoms in total. The summed E-state index contributed by atoms with van der Waals surface area (Å²) in [4.78, 5) is 34.8. The highest BCUT2D eigenvalue weighted by atomic mass is 16.5. The molecule has 2 N–H and O–H groups in total. The SMILES string of the molecule is CC(=O)CC(=O)Nc1cc(C(=O)OCCC(C)CCCC(C)C)ccc1O. The molecule has 0 aromatic heterocycles. The normalized spacial score (nSPS) is 11.9. The Kier molecular flexibility index (Phi) is 9.54. The molecule has 1 amide bonds. The van der Waals surface area contributed by atoms with E-state index < -0.39 is 11.9 Å². The zero-order valence-corrected chi connectivity index (χ0v) is 16.7. The molecule has 1 aromatic rings. The number of nitrogens with one attached hydrogen (secondary N) is 1. The van der Waals surface area contributed by atoms with E-state index >= 15 is 0 Å². The highest BCUT2D eigenvalue weighted by Crippen LogP contribution is 2.25. The Labute approximate surface area is 161 Å². The molecule has 0 saturated heterocycles. The highest BCUT2D eigenvalue weighted by molar-refractivity contribution is 6.04. The van der Waals surface area contributed by atoms with Gasteiger partial charge >= 0.3 is 5.97 Å². The van der Waals surface area contributed by atoms with E-state index in [0.29, 0.717) is 18.4 Å². The number of phenolic OH excluding ortho intramolecular Hbond substituents is 1. The van der Waals surface area contributed by atoms with Crippen LogP contribution in [0.4, 0.5) is 5.69 Å². The highest BCUT2D eigenvalue weighted by Gasteiger charge is 2.14. The largest absolute Gasteiger partial charge is 0.506 e. The number of hydrogen-bond donors (Lipinski definition) is 2. The van der Waals surface area contributed by atoms with Gasteiger partial charge in [0.05, 0.1) is 24.3 Å². The standard InChI is InChI=1S/C21H31NO5/c1-14(2)6-5-7-15(3)10-11-27-21(26)17-8-9-19(24)18(13-17)22-20(25)12-16(4)23/h8-9,13-15,24H,5-7,10-12H2,1-4H3,(H,22,25). The summed E-state index contributed by atoms with van der Waals surface area (Å²) in [6.07, 6.45) is 4.00. The van der Waals surface area contributed by atoms with E-state index in [1.54, 1.807) is 0 Å². The van der Waals surface area contributed by atoms with Crippen molar-refractivity contribution < 1.29 is 24.2 Å². The van der Waals surface area contributed by atoms with Crippen LogP contribution in [-0.2, 0) is 14.3 Å². The minimum atomic E-state index is -0.543. The number of esters is 1. The number of aromatic hydroxyl groups is 1. The number of phenols is 1. The summed E-state index contributed by atoms with van der Waals surface area (Å²) in [5.74, 6) is -0.329. The van der Waals surface area contributed by atoms with Crippen molar-refractivity contribution in [1.82, 2.24) is 0 Å². The molecule has 27 heavy (non-hydrogen) atoms. The predicted octanol–water partition coefficient (Wildman–Crippen LogP) is 4.32. The Morgan fingerprint density at radius 2 is 1.81 bits per heavy atom. The summed E-state index contributed by atoms with van der Waals surface area (Å²) in [6.45, 7) is 8.20. The van der Waals surface area contributed by atoms with Crippen molar-refractivity contribution in [3.05, 3.63) is 23.8 Å². The van der Waals surface area contributed by atoms with Gasteiger partial charge in [0.25, 0.3) is 0 Å². The van der Waals surface area contributed by atoms with Crippen LogP contribution in [0.3, 0.4) is 0 Å². The van der Waals surface area contributed by atoms with Crippen LogP contribution in [0.25, 0.3) is 0 Å². The van der Waals surface area contributed by atoms with Crippen molar-refractivity contribution in [3.63, 3.8) is 0 Å². The van der Waals surface area contributed by atoms with Crippen LogP contribution in [0.5, 0.6) is 5.75 Å². The topological polar surface area (TPSA) is 92.7 Å². The Balaban J connectivity index is 2.51. The molecule has 1 unspecified atom stereocenters. The number of benzene rings is 1. The third kappa shape index (κ3) is 9.22.